The lowest BCUT2D eigenvalue weighted by Crippen LogP contribution is -2.45. The number of hydrogen-bond donors (Lipinski definition) is 1. The lowest BCUT2D eigenvalue weighted by atomic mass is 10.0. The van der Waals surface area contributed by atoms with Gasteiger partial charge in [-0.25, -0.2) is 8.42 Å². The van der Waals surface area contributed by atoms with E-state index in [1.807, 2.05) is 6.92 Å². The van der Waals surface area contributed by atoms with Crippen LogP contribution in [0, 0.1) is 5.92 Å². The number of carbonyl (C=O) groups excluding carboxylic acids is 1. The van der Waals surface area contributed by atoms with Gasteiger partial charge in [-0.1, -0.05) is 32.4 Å². The van der Waals surface area contributed by atoms with Crippen LogP contribution in [0.5, 0.6) is 0 Å². The van der Waals surface area contributed by atoms with E-state index in [0.717, 1.165) is 0 Å². The molecule has 0 unspecified atom stereocenters. The first-order valence-electron chi connectivity index (χ1n) is 6.18. The Morgan fingerprint density at radius 3 is 2.50 bits per heavy atom. The van der Waals surface area contributed by atoms with Crippen molar-refractivity contribution >= 4 is 31.9 Å². The van der Waals surface area contributed by atoms with E-state index in [1.165, 1.54) is 13.2 Å². The quantitative estimate of drug-likeness (QED) is 0.787. The van der Waals surface area contributed by atoms with Crippen molar-refractivity contribution in [1.82, 2.24) is 4.72 Å². The summed E-state index contributed by atoms with van der Waals surface area (Å²) in [6.07, 6.45) is 0.651. The average Bonchev–Trinajstić information content (AvgIpc) is 2.43. The van der Waals surface area contributed by atoms with E-state index in [0.29, 0.717) is 10.9 Å². The molecule has 0 spiro atoms. The van der Waals surface area contributed by atoms with Crippen molar-refractivity contribution in [2.75, 3.05) is 7.11 Å². The van der Waals surface area contributed by atoms with Gasteiger partial charge in [0.15, 0.2) is 0 Å². The molecular weight excluding hydrogens is 346 g/mol. The molecule has 5 nitrogen and oxygen atoms in total. The summed E-state index contributed by atoms with van der Waals surface area (Å²) in [7, 11) is -2.56. The molecule has 0 saturated heterocycles. The number of halogens is 1. The Morgan fingerprint density at radius 2 is 2.00 bits per heavy atom. The number of methoxy groups -OCH3 is 1. The third-order valence-electron chi connectivity index (χ3n) is 3.08. The Balaban J connectivity index is 3.10. The third kappa shape index (κ3) is 4.04. The van der Waals surface area contributed by atoms with Crippen LogP contribution in [-0.2, 0) is 19.6 Å². The van der Waals surface area contributed by atoms with Crippen molar-refractivity contribution in [2.24, 2.45) is 5.92 Å². The van der Waals surface area contributed by atoms with Crippen molar-refractivity contribution in [3.05, 3.63) is 28.7 Å². The smallest absolute Gasteiger partial charge is 0.324 e. The molecule has 1 aromatic carbocycles. The molecule has 0 saturated carbocycles. The summed E-state index contributed by atoms with van der Waals surface area (Å²) in [6, 6.07) is 5.54. The second-order valence-electron chi connectivity index (χ2n) is 4.44. The van der Waals surface area contributed by atoms with E-state index >= 15 is 0 Å². The van der Waals surface area contributed by atoms with Gasteiger partial charge in [0.1, 0.15) is 6.04 Å². The minimum atomic E-state index is -3.80. The minimum absolute atomic E-state index is 0.0946. The molecule has 1 aromatic rings. The molecule has 7 heteroatoms. The number of esters is 1. The zero-order valence-electron chi connectivity index (χ0n) is 11.6. The number of ether oxygens (including phenoxy) is 1. The van der Waals surface area contributed by atoms with Crippen molar-refractivity contribution < 1.29 is 17.9 Å². The second-order valence-corrected chi connectivity index (χ2v) is 6.97. The molecule has 0 aliphatic carbocycles. The molecule has 20 heavy (non-hydrogen) atoms. The van der Waals surface area contributed by atoms with Crippen molar-refractivity contribution in [3.63, 3.8) is 0 Å². The van der Waals surface area contributed by atoms with Crippen LogP contribution in [0.25, 0.3) is 0 Å². The highest BCUT2D eigenvalue weighted by atomic mass is 79.9. The number of benzene rings is 1. The predicted octanol–water partition coefficient (Wildman–Crippen LogP) is 2.32. The van der Waals surface area contributed by atoms with Gasteiger partial charge in [0, 0.05) is 4.47 Å². The molecule has 0 radical (unpaired) electrons. The number of carbonyl (C=O) groups is 1. The van der Waals surface area contributed by atoms with Gasteiger partial charge < -0.3 is 4.74 Å². The predicted molar refractivity (Wildman–Crippen MR) is 79.7 cm³/mol. The zero-order valence-corrected chi connectivity index (χ0v) is 14.0. The second kappa shape index (κ2) is 7.19. The average molecular weight is 364 g/mol. The first-order valence-corrected chi connectivity index (χ1v) is 8.45. The SMILES string of the molecule is CC[C@H](C)[C@H](NS(=O)(=O)c1ccccc1Br)C(=O)OC. The summed E-state index contributed by atoms with van der Waals surface area (Å²) in [5, 5.41) is 0. The normalized spacial score (nSPS) is 14.6. The molecule has 1 rings (SSSR count). The van der Waals surface area contributed by atoms with Crippen LogP contribution in [0.2, 0.25) is 0 Å². The van der Waals surface area contributed by atoms with Crippen LogP contribution in [0.3, 0.4) is 0 Å². The van der Waals surface area contributed by atoms with Gasteiger partial charge in [-0.15, -0.1) is 0 Å². The van der Waals surface area contributed by atoms with Gasteiger partial charge in [0.05, 0.1) is 12.0 Å². The van der Waals surface area contributed by atoms with E-state index in [4.69, 9.17) is 0 Å². The van der Waals surface area contributed by atoms with Gasteiger partial charge in [0.25, 0.3) is 0 Å². The first-order chi connectivity index (χ1) is 9.33. The van der Waals surface area contributed by atoms with Crippen LogP contribution >= 0.6 is 15.9 Å². The summed E-state index contributed by atoms with van der Waals surface area (Å²) < 4.78 is 32.2. The van der Waals surface area contributed by atoms with E-state index < -0.39 is 22.0 Å². The highest BCUT2D eigenvalue weighted by Gasteiger charge is 2.31. The lowest BCUT2D eigenvalue weighted by Gasteiger charge is -2.22. The number of rotatable bonds is 6. The maximum absolute atomic E-state index is 12.4. The Morgan fingerprint density at radius 1 is 1.40 bits per heavy atom. The van der Waals surface area contributed by atoms with Crippen molar-refractivity contribution in [3.8, 4) is 0 Å². The van der Waals surface area contributed by atoms with Crippen LogP contribution in [0.15, 0.2) is 33.6 Å². The van der Waals surface area contributed by atoms with Gasteiger partial charge in [0.2, 0.25) is 10.0 Å². The van der Waals surface area contributed by atoms with Gasteiger partial charge >= 0.3 is 5.97 Å². The molecule has 2 atom stereocenters. The monoisotopic (exact) mass is 363 g/mol. The Labute approximate surface area is 127 Å². The molecule has 0 aliphatic heterocycles. The summed E-state index contributed by atoms with van der Waals surface area (Å²) in [6.45, 7) is 3.68. The van der Waals surface area contributed by atoms with Crippen LogP contribution in [-0.4, -0.2) is 27.5 Å². The van der Waals surface area contributed by atoms with Gasteiger partial charge in [-0.2, -0.15) is 4.72 Å². The first kappa shape index (κ1) is 17.1. The standard InChI is InChI=1S/C13H18BrNO4S/c1-4-9(2)12(13(16)19-3)15-20(17,18)11-8-6-5-7-10(11)14/h5-9,12,15H,4H2,1-3H3/t9-,12-/m0/s1. The van der Waals surface area contributed by atoms with Gasteiger partial charge in [-0.05, 0) is 34.0 Å². The highest BCUT2D eigenvalue weighted by molar-refractivity contribution is 9.10. The Kier molecular flexibility index (Phi) is 6.16. The molecular formula is C13H18BrNO4S. The van der Waals surface area contributed by atoms with E-state index in [2.05, 4.69) is 25.4 Å². The molecule has 0 bridgehead atoms. The van der Waals surface area contributed by atoms with Crippen LogP contribution in [0.1, 0.15) is 20.3 Å². The van der Waals surface area contributed by atoms with E-state index in [-0.39, 0.29) is 10.8 Å². The summed E-state index contributed by atoms with van der Waals surface area (Å²) >= 11 is 3.19. The van der Waals surface area contributed by atoms with Crippen molar-refractivity contribution in [2.45, 2.75) is 31.2 Å². The molecule has 0 aromatic heterocycles. The fraction of sp³-hybridized carbons (Fsp3) is 0.462. The third-order valence-corrected chi connectivity index (χ3v) is 5.53. The fourth-order valence-corrected chi connectivity index (χ4v) is 3.95. The van der Waals surface area contributed by atoms with Crippen LogP contribution < -0.4 is 4.72 Å². The summed E-state index contributed by atoms with van der Waals surface area (Å²) in [4.78, 5) is 11.8. The number of sulfonamides is 1. The number of nitrogens with one attached hydrogen (secondary N) is 1. The van der Waals surface area contributed by atoms with E-state index in [9.17, 15) is 13.2 Å². The molecule has 0 aliphatic rings. The maximum atomic E-state index is 12.4. The molecule has 0 amide bonds. The van der Waals surface area contributed by atoms with Gasteiger partial charge in [-0.3, -0.25) is 4.79 Å². The summed E-state index contributed by atoms with van der Waals surface area (Å²) in [5.74, 6) is -0.755. The van der Waals surface area contributed by atoms with Crippen LogP contribution in [0.4, 0.5) is 0 Å². The molecule has 0 fully saturated rings. The van der Waals surface area contributed by atoms with E-state index in [1.54, 1.807) is 25.1 Å². The molecule has 1 N–H and O–H groups in total. The molecule has 112 valence electrons. The van der Waals surface area contributed by atoms with Crippen molar-refractivity contribution in [1.29, 1.82) is 0 Å². The minimum Gasteiger partial charge on any atom is -0.468 e. The lowest BCUT2D eigenvalue weighted by molar-refractivity contribution is -0.143. The largest absolute Gasteiger partial charge is 0.468 e. The topological polar surface area (TPSA) is 72.5 Å². The summed E-state index contributed by atoms with van der Waals surface area (Å²) in [5.41, 5.74) is 0. The molecule has 0 heterocycles. The maximum Gasteiger partial charge on any atom is 0.324 e. The Bertz CT molecular complexity index is 573. The highest BCUT2D eigenvalue weighted by Crippen LogP contribution is 2.22. The number of hydrogen-bond acceptors (Lipinski definition) is 4. The Hall–Kier alpha value is -0.920. The zero-order chi connectivity index (χ0) is 15.3. The fourth-order valence-electron chi connectivity index (χ4n) is 1.65.